The van der Waals surface area contributed by atoms with Gasteiger partial charge in [0, 0.05) is 12.1 Å². The third-order valence-electron chi connectivity index (χ3n) is 1.20. The van der Waals surface area contributed by atoms with Gasteiger partial charge in [-0.25, -0.2) is 0 Å². The Labute approximate surface area is 57.4 Å². The van der Waals surface area contributed by atoms with Crippen LogP contribution in [0.4, 0.5) is 0 Å². The summed E-state index contributed by atoms with van der Waals surface area (Å²) in [5.74, 6) is 0. The number of nitrogens with two attached hydrogens (primary N) is 2. The molecule has 0 radical (unpaired) electrons. The van der Waals surface area contributed by atoms with E-state index < -0.39 is 0 Å². The molecular weight excluding hydrogens is 114 g/mol. The van der Waals surface area contributed by atoms with Crippen molar-refractivity contribution in [2.24, 2.45) is 11.5 Å². The molecule has 0 amide bonds. The van der Waals surface area contributed by atoms with Gasteiger partial charge >= 0.3 is 0 Å². The van der Waals surface area contributed by atoms with Gasteiger partial charge in [-0.05, 0) is 19.8 Å². The predicted octanol–water partition coefficient (Wildman–Crippen LogP) is 0.623. The van der Waals surface area contributed by atoms with Crippen LogP contribution in [0.25, 0.3) is 0 Å². The molecule has 0 saturated heterocycles. The second-order valence-corrected chi connectivity index (χ2v) is 2.38. The number of hydrogen-bond donors (Lipinski definition) is 3. The highest BCUT2D eigenvalue weighted by Gasteiger charge is 2.00. The first kappa shape index (κ1) is 11.6. The fraction of sp³-hybridized carbons (Fsp3) is 1.00. The molecule has 3 heteroatoms. The molecule has 0 aliphatic heterocycles. The second kappa shape index (κ2) is 6.01. The van der Waals surface area contributed by atoms with Crippen LogP contribution >= 0.6 is 0 Å². The normalized spacial score (nSPS) is 16.0. The Kier molecular flexibility index (Phi) is 7.77. The molecule has 0 fully saturated rings. The molecule has 0 saturated carbocycles. The quantitative estimate of drug-likeness (QED) is 0.527. The molecule has 0 aromatic carbocycles. The second-order valence-electron chi connectivity index (χ2n) is 2.38. The highest BCUT2D eigenvalue weighted by Crippen LogP contribution is 1.94. The third-order valence-corrected chi connectivity index (χ3v) is 1.20. The van der Waals surface area contributed by atoms with Gasteiger partial charge in [0.05, 0.1) is 0 Å². The van der Waals surface area contributed by atoms with Gasteiger partial charge < -0.3 is 17.6 Å². The summed E-state index contributed by atoms with van der Waals surface area (Å²) in [7, 11) is 0. The topological polar surface area (TPSA) is 87.0 Å². The van der Waals surface area contributed by atoms with E-state index in [1.807, 2.05) is 6.92 Å². The van der Waals surface area contributed by atoms with Crippen molar-refractivity contribution in [3.8, 4) is 0 Å². The Morgan fingerprint density at radius 2 is 1.78 bits per heavy atom. The molecule has 9 heavy (non-hydrogen) atoms. The van der Waals surface area contributed by atoms with E-state index in [4.69, 9.17) is 11.5 Å². The van der Waals surface area contributed by atoms with E-state index in [1.54, 1.807) is 0 Å². The molecule has 58 valence electrons. The summed E-state index contributed by atoms with van der Waals surface area (Å²) in [6.45, 7) is 4.06. The summed E-state index contributed by atoms with van der Waals surface area (Å²) in [4.78, 5) is 0. The molecule has 0 aromatic rings. The van der Waals surface area contributed by atoms with E-state index in [0.29, 0.717) is 6.04 Å². The largest absolute Gasteiger partial charge is 0.344 e. The van der Waals surface area contributed by atoms with Crippen molar-refractivity contribution < 1.29 is 0 Å². The minimum absolute atomic E-state index is 0. The van der Waals surface area contributed by atoms with Gasteiger partial charge in [0.2, 0.25) is 0 Å². The molecule has 3 nitrogen and oxygen atoms in total. The molecule has 0 aromatic heterocycles. The van der Waals surface area contributed by atoms with Crippen molar-refractivity contribution in [3.05, 3.63) is 0 Å². The first-order valence-corrected chi connectivity index (χ1v) is 3.18. The number of hydrogen-bond acceptors (Lipinski definition) is 3. The van der Waals surface area contributed by atoms with Crippen molar-refractivity contribution >= 4 is 0 Å². The average molecular weight is 133 g/mol. The molecule has 7 N–H and O–H groups in total. The van der Waals surface area contributed by atoms with Gasteiger partial charge in [-0.1, -0.05) is 6.92 Å². The maximum atomic E-state index is 5.59. The lowest BCUT2D eigenvalue weighted by Crippen LogP contribution is -2.28. The van der Waals surface area contributed by atoms with Gasteiger partial charge in [0.15, 0.2) is 0 Å². The molecule has 0 aliphatic carbocycles. The van der Waals surface area contributed by atoms with Crippen LogP contribution in [-0.4, -0.2) is 12.1 Å². The fourth-order valence-corrected chi connectivity index (χ4v) is 0.644. The number of rotatable bonds is 3. The molecule has 0 heterocycles. The maximum Gasteiger partial charge on any atom is 0.00508 e. The van der Waals surface area contributed by atoms with E-state index in [-0.39, 0.29) is 12.2 Å². The zero-order valence-corrected chi connectivity index (χ0v) is 6.43. The smallest absolute Gasteiger partial charge is 0.00508 e. The Morgan fingerprint density at radius 3 is 1.89 bits per heavy atom. The van der Waals surface area contributed by atoms with Crippen LogP contribution < -0.4 is 17.6 Å². The monoisotopic (exact) mass is 133 g/mol. The van der Waals surface area contributed by atoms with Crippen LogP contribution in [0.15, 0.2) is 0 Å². The van der Waals surface area contributed by atoms with Crippen molar-refractivity contribution in [2.75, 3.05) is 0 Å². The third kappa shape index (κ3) is 7.88. The summed E-state index contributed by atoms with van der Waals surface area (Å²) in [6.07, 6.45) is 1.97. The summed E-state index contributed by atoms with van der Waals surface area (Å²) in [6, 6.07) is 0.556. The van der Waals surface area contributed by atoms with Gasteiger partial charge in [0.1, 0.15) is 0 Å². The Hall–Kier alpha value is -0.120. The molecule has 0 spiro atoms. The molecule has 0 rings (SSSR count). The summed E-state index contributed by atoms with van der Waals surface area (Å²) >= 11 is 0. The Morgan fingerprint density at radius 1 is 1.33 bits per heavy atom. The molecule has 0 aliphatic rings. The zero-order chi connectivity index (χ0) is 6.57. The highest BCUT2D eigenvalue weighted by atomic mass is 14.7. The van der Waals surface area contributed by atoms with Crippen LogP contribution in [0.5, 0.6) is 0 Å². The standard InChI is InChI=1S/C6H16N2.H3N/c1-3-6(8)4-5(2)7;/h5-6H,3-4,7-8H2,1-2H3;1H3. The Balaban J connectivity index is 0. The lowest BCUT2D eigenvalue weighted by atomic mass is 10.1. The van der Waals surface area contributed by atoms with Crippen LogP contribution in [0.2, 0.25) is 0 Å². The molecular formula is C6H19N3. The van der Waals surface area contributed by atoms with Crippen LogP contribution in [0, 0.1) is 0 Å². The lowest BCUT2D eigenvalue weighted by molar-refractivity contribution is 0.535. The highest BCUT2D eigenvalue weighted by molar-refractivity contribution is 4.64. The van der Waals surface area contributed by atoms with Crippen molar-refractivity contribution in [1.82, 2.24) is 6.15 Å². The summed E-state index contributed by atoms with van der Waals surface area (Å²) in [5.41, 5.74) is 11.1. The van der Waals surface area contributed by atoms with E-state index >= 15 is 0 Å². The van der Waals surface area contributed by atoms with E-state index in [2.05, 4.69) is 6.92 Å². The van der Waals surface area contributed by atoms with E-state index in [9.17, 15) is 0 Å². The van der Waals surface area contributed by atoms with Crippen LogP contribution in [-0.2, 0) is 0 Å². The summed E-state index contributed by atoms with van der Waals surface area (Å²) in [5, 5.41) is 0. The SMILES string of the molecule is CCC(N)CC(C)N.N. The van der Waals surface area contributed by atoms with E-state index in [0.717, 1.165) is 12.8 Å². The van der Waals surface area contributed by atoms with Gasteiger partial charge in [-0.2, -0.15) is 0 Å². The first-order valence-electron chi connectivity index (χ1n) is 3.18. The zero-order valence-electron chi connectivity index (χ0n) is 6.43. The summed E-state index contributed by atoms with van der Waals surface area (Å²) < 4.78 is 0. The van der Waals surface area contributed by atoms with Crippen molar-refractivity contribution in [1.29, 1.82) is 0 Å². The van der Waals surface area contributed by atoms with Crippen LogP contribution in [0.3, 0.4) is 0 Å². The Bertz CT molecular complexity index is 54.3. The molecule has 2 unspecified atom stereocenters. The molecule has 2 atom stereocenters. The van der Waals surface area contributed by atoms with E-state index in [1.165, 1.54) is 0 Å². The first-order chi connectivity index (χ1) is 3.66. The van der Waals surface area contributed by atoms with Gasteiger partial charge in [-0.15, -0.1) is 0 Å². The predicted molar refractivity (Wildman–Crippen MR) is 41.6 cm³/mol. The van der Waals surface area contributed by atoms with Crippen molar-refractivity contribution in [3.63, 3.8) is 0 Å². The molecule has 0 bridgehead atoms. The average Bonchev–Trinajstić information content (AvgIpc) is 1.65. The van der Waals surface area contributed by atoms with Crippen molar-refractivity contribution in [2.45, 2.75) is 38.8 Å². The minimum atomic E-state index is 0. The van der Waals surface area contributed by atoms with Crippen LogP contribution in [0.1, 0.15) is 26.7 Å². The lowest BCUT2D eigenvalue weighted by Gasteiger charge is -2.09. The maximum absolute atomic E-state index is 5.59. The fourth-order valence-electron chi connectivity index (χ4n) is 0.644. The van der Waals surface area contributed by atoms with Gasteiger partial charge in [0.25, 0.3) is 0 Å². The minimum Gasteiger partial charge on any atom is -0.344 e. The van der Waals surface area contributed by atoms with Gasteiger partial charge in [-0.3, -0.25) is 0 Å².